The summed E-state index contributed by atoms with van der Waals surface area (Å²) in [4.78, 5) is 41.9. The molecule has 8 aromatic rings. The first-order chi connectivity index (χ1) is 34.5. The predicted octanol–water partition coefficient (Wildman–Crippen LogP) is 1.43. The molecule has 4 bridgehead atoms. The van der Waals surface area contributed by atoms with Crippen molar-refractivity contribution < 1.29 is 65.4 Å². The average Bonchev–Trinajstić information content (AvgIpc) is 3.41. The van der Waals surface area contributed by atoms with Crippen molar-refractivity contribution in [2.24, 2.45) is 0 Å². The topological polar surface area (TPSA) is 182 Å². The molecular weight excluding hydrogens is 1040 g/mol. The molecule has 4 saturated heterocycles. The standard InChI is InChI=1S/C48H44O15Si8/c49-53-67(44-31-15-4-16-32-44)60-70(47-37-21-7-22-38-47)58-66(52,43-29-13-3-14-30-43)59-71(61-67,48-39-23-8-24-40-48)63-69(46-35-19-6-20-36-46)55-64(50,41-25-9-1-10-26-41)54-68(62-70,45-33-17-5-18-34-45)56-65(51,57-69)42-27-11-2-12-28-42/h1-40,49-52H. The van der Waals surface area contributed by atoms with Crippen LogP contribution in [0.3, 0.4) is 0 Å². The van der Waals surface area contributed by atoms with Crippen molar-refractivity contribution in [3.05, 3.63) is 243 Å². The normalized spacial score (nSPS) is 31.9. The molecule has 0 aliphatic carbocycles. The van der Waals surface area contributed by atoms with Crippen molar-refractivity contribution in [1.82, 2.24) is 0 Å². The van der Waals surface area contributed by atoms with E-state index in [1.54, 1.807) is 243 Å². The molecule has 12 rings (SSSR count). The van der Waals surface area contributed by atoms with Gasteiger partial charge in [0.2, 0.25) is 0 Å². The highest BCUT2D eigenvalue weighted by molar-refractivity contribution is 7.09. The molecule has 0 amide bonds. The van der Waals surface area contributed by atoms with Gasteiger partial charge in [0.05, 0.1) is 0 Å². The summed E-state index contributed by atoms with van der Waals surface area (Å²) in [7, 11) is -42.5. The lowest BCUT2D eigenvalue weighted by Crippen LogP contribution is -2.89. The molecule has 15 nitrogen and oxygen atoms in total. The molecule has 0 spiro atoms. The molecule has 8 aromatic carbocycles. The first-order valence-corrected chi connectivity index (χ1v) is 36.3. The Balaban J connectivity index is 1.36. The van der Waals surface area contributed by atoms with Crippen LogP contribution in [0.2, 0.25) is 0 Å². The van der Waals surface area contributed by atoms with Crippen LogP contribution in [0.25, 0.3) is 0 Å². The van der Waals surface area contributed by atoms with E-state index in [9.17, 15) is 19.6 Å². The first-order valence-electron chi connectivity index (χ1n) is 22.4. The summed E-state index contributed by atoms with van der Waals surface area (Å²) in [5, 5.41) is 13.3. The number of hydrogen-bond donors (Lipinski definition) is 4. The quantitative estimate of drug-likeness (QED) is 0.0926. The first kappa shape index (κ1) is 48.2. The zero-order valence-corrected chi connectivity index (χ0v) is 45.4. The van der Waals surface area contributed by atoms with Crippen LogP contribution in [0, 0.1) is 0 Å². The average molecular weight is 1090 g/mol. The second-order valence-corrected chi connectivity index (χ2v) is 38.6. The Morgan fingerprint density at radius 3 is 0.620 bits per heavy atom. The van der Waals surface area contributed by atoms with Crippen LogP contribution in [0.15, 0.2) is 243 Å². The molecule has 4 aliphatic rings. The van der Waals surface area contributed by atoms with Crippen LogP contribution in [-0.4, -0.2) is 90.1 Å². The Bertz CT molecular complexity index is 2890. The number of benzene rings is 8. The molecule has 23 heteroatoms. The SMILES string of the molecule is OO[Si]1(c2ccccc2)O[Si]2(c3ccccc3)O[Si](O)(c3ccccc3)O[Si](c3ccccc3)(O[Si]3(c4ccccc4)O[Si](O)(c4ccccc4)O[Si](c4ccccc4)(O[Si](O)(c4ccccc4)O3)O2)O1. The lowest BCUT2D eigenvalue weighted by atomic mass is 10.4. The van der Waals surface area contributed by atoms with Crippen LogP contribution >= 0.6 is 0 Å². The zero-order chi connectivity index (χ0) is 48.7. The fraction of sp³-hybridized carbons (Fsp3) is 0. The van der Waals surface area contributed by atoms with Gasteiger partial charge in [-0.15, -0.1) is 0 Å². The van der Waals surface area contributed by atoms with Gasteiger partial charge in [-0.2, -0.15) is 0 Å². The van der Waals surface area contributed by atoms with E-state index in [0.29, 0.717) is 0 Å². The van der Waals surface area contributed by atoms with Crippen LogP contribution in [-0.2, 0) is 45.7 Å². The lowest BCUT2D eigenvalue weighted by molar-refractivity contribution is -0.183. The van der Waals surface area contributed by atoms with Crippen LogP contribution in [0.4, 0.5) is 0 Å². The molecule has 2 atom stereocenters. The van der Waals surface area contributed by atoms with Gasteiger partial charge < -0.3 is 55.5 Å². The van der Waals surface area contributed by atoms with Crippen molar-refractivity contribution in [2.75, 3.05) is 0 Å². The summed E-state index contributed by atoms with van der Waals surface area (Å²) >= 11 is 0. The molecule has 0 radical (unpaired) electrons. The predicted molar refractivity (Wildman–Crippen MR) is 276 cm³/mol. The highest BCUT2D eigenvalue weighted by Crippen LogP contribution is 2.40. The minimum Gasteiger partial charge on any atom is -0.387 e. The summed E-state index contributed by atoms with van der Waals surface area (Å²) in [6.45, 7) is 0. The van der Waals surface area contributed by atoms with E-state index in [1.807, 2.05) is 0 Å². The van der Waals surface area contributed by atoms with Gasteiger partial charge in [0.1, 0.15) is 0 Å². The van der Waals surface area contributed by atoms with Crippen molar-refractivity contribution in [3.63, 3.8) is 0 Å². The number of hydrogen-bond acceptors (Lipinski definition) is 15. The van der Waals surface area contributed by atoms with Gasteiger partial charge in [0.25, 0.3) is 0 Å². The molecule has 0 saturated carbocycles. The fourth-order valence-corrected chi connectivity index (χ4v) is 46.3. The maximum absolute atomic E-state index is 14.0. The molecule has 4 N–H and O–H groups in total. The van der Waals surface area contributed by atoms with E-state index >= 15 is 0 Å². The molecule has 4 heterocycles. The van der Waals surface area contributed by atoms with Crippen molar-refractivity contribution in [2.45, 2.75) is 0 Å². The van der Waals surface area contributed by atoms with E-state index in [2.05, 4.69) is 0 Å². The number of rotatable bonds is 9. The summed E-state index contributed by atoms with van der Waals surface area (Å²) < 4.78 is 80.9. The highest BCUT2D eigenvalue weighted by atomic mass is 28.6. The summed E-state index contributed by atoms with van der Waals surface area (Å²) in [6, 6.07) is 67.8. The Morgan fingerprint density at radius 2 is 0.408 bits per heavy atom. The van der Waals surface area contributed by atoms with Gasteiger partial charge >= 0.3 is 70.4 Å². The van der Waals surface area contributed by atoms with E-state index in [0.717, 1.165) is 0 Å². The second kappa shape index (κ2) is 19.1. The van der Waals surface area contributed by atoms with Crippen LogP contribution in [0.1, 0.15) is 0 Å². The maximum atomic E-state index is 14.0. The zero-order valence-electron chi connectivity index (χ0n) is 37.4. The van der Waals surface area contributed by atoms with Crippen LogP contribution < -0.4 is 41.5 Å². The van der Waals surface area contributed by atoms with E-state index in [-0.39, 0.29) is 41.5 Å². The second-order valence-electron chi connectivity index (χ2n) is 16.6. The Morgan fingerprint density at radius 1 is 0.225 bits per heavy atom. The number of fused-ring (bicyclic) bond motifs is 4. The van der Waals surface area contributed by atoms with Gasteiger partial charge in [0.15, 0.2) is 0 Å². The van der Waals surface area contributed by atoms with E-state index in [4.69, 9.17) is 45.7 Å². The summed E-state index contributed by atoms with van der Waals surface area (Å²) in [5.74, 6) is 0. The smallest absolute Gasteiger partial charge is 0.387 e. The van der Waals surface area contributed by atoms with Crippen molar-refractivity contribution >= 4 is 112 Å². The Labute approximate surface area is 417 Å². The van der Waals surface area contributed by atoms with Gasteiger partial charge in [-0.1, -0.05) is 243 Å². The van der Waals surface area contributed by atoms with Gasteiger partial charge in [-0.05, 0) is 0 Å². The molecule has 358 valence electrons. The Kier molecular flexibility index (Phi) is 12.9. The molecule has 71 heavy (non-hydrogen) atoms. The third-order valence-corrected chi connectivity index (χ3v) is 42.2. The molecule has 4 fully saturated rings. The van der Waals surface area contributed by atoms with Crippen molar-refractivity contribution in [1.29, 1.82) is 0 Å². The summed E-state index contributed by atoms with van der Waals surface area (Å²) in [5.41, 5.74) is 0. The largest absolute Gasteiger partial charge is 0.551 e. The molecule has 2 unspecified atom stereocenters. The fourth-order valence-electron chi connectivity index (χ4n) is 8.56. The van der Waals surface area contributed by atoms with Crippen LogP contribution in [0.5, 0.6) is 0 Å². The molecule has 4 aliphatic heterocycles. The van der Waals surface area contributed by atoms with Gasteiger partial charge in [-0.3, -0.25) is 5.26 Å². The minimum absolute atomic E-state index is 0.167. The van der Waals surface area contributed by atoms with E-state index in [1.165, 1.54) is 0 Å². The van der Waals surface area contributed by atoms with Crippen molar-refractivity contribution in [3.8, 4) is 0 Å². The van der Waals surface area contributed by atoms with E-state index < -0.39 is 70.4 Å². The molecule has 0 aromatic heterocycles. The third kappa shape index (κ3) is 8.89. The minimum atomic E-state index is -5.40. The summed E-state index contributed by atoms with van der Waals surface area (Å²) in [6.07, 6.45) is 0. The maximum Gasteiger partial charge on any atom is 0.551 e. The lowest BCUT2D eigenvalue weighted by Gasteiger charge is -2.55. The Hall–Kier alpha value is -5.10. The monoisotopic (exact) mass is 1080 g/mol. The highest BCUT2D eigenvalue weighted by Gasteiger charge is 2.79. The third-order valence-electron chi connectivity index (χ3n) is 11.9. The van der Waals surface area contributed by atoms with Gasteiger partial charge in [-0.25, -0.2) is 4.58 Å². The molecular formula is C48H44O15Si8. The van der Waals surface area contributed by atoms with Gasteiger partial charge in [0, 0.05) is 41.5 Å².